The van der Waals surface area contributed by atoms with Crippen LogP contribution in [0.15, 0.2) is 36.7 Å². The number of benzene rings is 1. The molecule has 2 atom stereocenters. The number of nitrogens with one attached hydrogen (secondary N) is 1. The molecule has 0 amide bonds. The molecule has 0 radical (unpaired) electrons. The maximum atomic E-state index is 9.55. The van der Waals surface area contributed by atoms with E-state index < -0.39 is 0 Å². The fourth-order valence-corrected chi connectivity index (χ4v) is 6.04. The third-order valence-electron chi connectivity index (χ3n) is 8.01. The summed E-state index contributed by atoms with van der Waals surface area (Å²) in [5.74, 6) is 2.37. The Labute approximate surface area is 235 Å². The number of morpholine rings is 1. The Balaban J connectivity index is 1.11. The van der Waals surface area contributed by atoms with Gasteiger partial charge < -0.3 is 29.5 Å². The molecule has 3 aliphatic heterocycles. The van der Waals surface area contributed by atoms with Crippen LogP contribution in [0.5, 0.6) is 5.75 Å². The van der Waals surface area contributed by atoms with Crippen molar-refractivity contribution < 1.29 is 9.47 Å². The molecule has 0 unspecified atom stereocenters. The second-order valence-electron chi connectivity index (χ2n) is 10.7. The molecule has 210 valence electrons. The molecule has 1 aromatic carbocycles. The molecule has 0 saturated carbocycles. The number of piperazine rings is 2. The summed E-state index contributed by atoms with van der Waals surface area (Å²) in [7, 11) is 1.68. The van der Waals surface area contributed by atoms with Crippen LogP contribution in [0.3, 0.4) is 0 Å². The van der Waals surface area contributed by atoms with E-state index in [2.05, 4.69) is 60.0 Å². The molecular formula is C29H37N9O2. The van der Waals surface area contributed by atoms with E-state index in [1.165, 1.54) is 0 Å². The van der Waals surface area contributed by atoms with Crippen LogP contribution < -0.4 is 24.8 Å². The van der Waals surface area contributed by atoms with E-state index in [4.69, 9.17) is 14.5 Å². The van der Waals surface area contributed by atoms with Crippen molar-refractivity contribution in [3.8, 4) is 11.8 Å². The van der Waals surface area contributed by atoms with Gasteiger partial charge in [-0.3, -0.25) is 9.88 Å². The number of aromatic nitrogens is 3. The predicted molar refractivity (Wildman–Crippen MR) is 155 cm³/mol. The van der Waals surface area contributed by atoms with E-state index in [0.29, 0.717) is 5.56 Å². The first kappa shape index (κ1) is 26.5. The van der Waals surface area contributed by atoms with Gasteiger partial charge in [0.2, 0.25) is 5.95 Å². The molecular weight excluding hydrogens is 506 g/mol. The van der Waals surface area contributed by atoms with Gasteiger partial charge in [0.05, 0.1) is 36.6 Å². The number of hydrogen-bond donors (Lipinski definition) is 1. The summed E-state index contributed by atoms with van der Waals surface area (Å²) in [6.07, 6.45) is 3.75. The molecule has 5 heterocycles. The highest BCUT2D eigenvalue weighted by Gasteiger charge is 2.30. The SMILES string of the molecule is COc1cnc(N2CCNCC2)nc1N1CCN(C[C@H]2CN(c3ccc(C#N)c4ncccc34)C[C@@H](C)O2)CC1. The van der Waals surface area contributed by atoms with Crippen LogP contribution >= 0.6 is 0 Å². The molecule has 40 heavy (non-hydrogen) atoms. The van der Waals surface area contributed by atoms with Crippen LogP contribution in [0.2, 0.25) is 0 Å². The summed E-state index contributed by atoms with van der Waals surface area (Å²) < 4.78 is 12.1. The zero-order valence-corrected chi connectivity index (χ0v) is 23.3. The number of methoxy groups -OCH3 is 1. The molecule has 3 saturated heterocycles. The molecule has 0 bridgehead atoms. The number of rotatable bonds is 6. The van der Waals surface area contributed by atoms with Gasteiger partial charge in [-0.05, 0) is 31.2 Å². The molecule has 0 aliphatic carbocycles. The van der Waals surface area contributed by atoms with Crippen LogP contribution in [-0.2, 0) is 4.74 Å². The van der Waals surface area contributed by atoms with Crippen molar-refractivity contribution >= 4 is 28.4 Å². The first-order valence-corrected chi connectivity index (χ1v) is 14.1. The summed E-state index contributed by atoms with van der Waals surface area (Å²) in [5.41, 5.74) is 2.48. The third kappa shape index (κ3) is 5.47. The van der Waals surface area contributed by atoms with Crippen LogP contribution in [0, 0.1) is 11.3 Å². The van der Waals surface area contributed by atoms with Gasteiger partial charge >= 0.3 is 0 Å². The quantitative estimate of drug-likeness (QED) is 0.491. The van der Waals surface area contributed by atoms with Crippen LogP contribution in [0.4, 0.5) is 17.5 Å². The Morgan fingerprint density at radius 2 is 1.85 bits per heavy atom. The largest absolute Gasteiger partial charge is 0.491 e. The normalized spacial score (nSPS) is 22.4. The predicted octanol–water partition coefficient (Wildman–Crippen LogP) is 1.73. The van der Waals surface area contributed by atoms with Crippen LogP contribution in [-0.4, -0.2) is 111 Å². The zero-order valence-electron chi connectivity index (χ0n) is 23.3. The van der Waals surface area contributed by atoms with Crippen molar-refractivity contribution in [2.24, 2.45) is 0 Å². The lowest BCUT2D eigenvalue weighted by molar-refractivity contribution is -0.0327. The Hall–Kier alpha value is -3.72. The maximum absolute atomic E-state index is 9.55. The van der Waals surface area contributed by atoms with Crippen LogP contribution in [0.1, 0.15) is 12.5 Å². The Kier molecular flexibility index (Phi) is 7.82. The number of anilines is 3. The molecule has 1 N–H and O–H groups in total. The van der Waals surface area contributed by atoms with E-state index in [9.17, 15) is 5.26 Å². The summed E-state index contributed by atoms with van der Waals surface area (Å²) in [4.78, 5) is 23.4. The van der Waals surface area contributed by atoms with Crippen molar-refractivity contribution in [3.05, 3.63) is 42.2 Å². The smallest absolute Gasteiger partial charge is 0.227 e. The highest BCUT2D eigenvalue weighted by molar-refractivity contribution is 5.95. The van der Waals surface area contributed by atoms with E-state index in [0.717, 1.165) is 106 Å². The number of nitrogens with zero attached hydrogens (tertiary/aromatic N) is 8. The van der Waals surface area contributed by atoms with E-state index >= 15 is 0 Å². The lowest BCUT2D eigenvalue weighted by Gasteiger charge is -2.42. The number of nitriles is 1. The van der Waals surface area contributed by atoms with Crippen molar-refractivity contribution in [2.45, 2.75) is 19.1 Å². The summed E-state index contributed by atoms with van der Waals surface area (Å²) in [6, 6.07) is 10.2. The second-order valence-corrected chi connectivity index (χ2v) is 10.7. The Morgan fingerprint density at radius 3 is 2.62 bits per heavy atom. The van der Waals surface area contributed by atoms with Crippen molar-refractivity contribution in [1.82, 2.24) is 25.2 Å². The third-order valence-corrected chi connectivity index (χ3v) is 8.01. The second kappa shape index (κ2) is 11.8. The Morgan fingerprint density at radius 1 is 1.02 bits per heavy atom. The van der Waals surface area contributed by atoms with Gasteiger partial charge in [0.15, 0.2) is 11.6 Å². The number of fused-ring (bicyclic) bond motifs is 1. The first-order valence-electron chi connectivity index (χ1n) is 14.1. The molecule has 6 rings (SSSR count). The van der Waals surface area contributed by atoms with Gasteiger partial charge in [-0.15, -0.1) is 0 Å². The minimum absolute atomic E-state index is 0.0885. The molecule has 11 nitrogen and oxygen atoms in total. The minimum Gasteiger partial charge on any atom is -0.491 e. The molecule has 3 fully saturated rings. The van der Waals surface area contributed by atoms with Crippen molar-refractivity contribution in [3.63, 3.8) is 0 Å². The summed E-state index contributed by atoms with van der Waals surface area (Å²) >= 11 is 0. The van der Waals surface area contributed by atoms with Gasteiger partial charge in [0.1, 0.15) is 6.07 Å². The van der Waals surface area contributed by atoms with Gasteiger partial charge in [-0.2, -0.15) is 10.2 Å². The average molecular weight is 544 g/mol. The minimum atomic E-state index is 0.0885. The highest BCUT2D eigenvalue weighted by Crippen LogP contribution is 2.31. The lowest BCUT2D eigenvalue weighted by Crippen LogP contribution is -2.54. The standard InChI is InChI=1S/C29H37N9O2/c1-21-18-38(25-6-5-22(16-30)27-24(25)4-3-7-32-27)20-23(40-21)19-35-12-14-36(15-13-35)28-26(39-2)17-33-29(34-28)37-10-8-31-9-11-37/h3-7,17,21,23,31H,8-15,18-20H2,1-2H3/t21-,23+/m1/s1. The van der Waals surface area contributed by atoms with Crippen molar-refractivity contribution in [2.75, 3.05) is 93.8 Å². The number of hydrogen-bond acceptors (Lipinski definition) is 11. The van der Waals surface area contributed by atoms with Gasteiger partial charge in [-0.25, -0.2) is 4.98 Å². The number of ether oxygens (including phenoxy) is 2. The molecule has 3 aromatic rings. The lowest BCUT2D eigenvalue weighted by atomic mass is 10.1. The van der Waals surface area contributed by atoms with E-state index in [1.807, 2.05) is 12.1 Å². The maximum Gasteiger partial charge on any atom is 0.227 e. The summed E-state index contributed by atoms with van der Waals surface area (Å²) in [5, 5.41) is 13.9. The first-order chi connectivity index (χ1) is 19.6. The fraction of sp³-hybridized carbons (Fsp3) is 0.517. The van der Waals surface area contributed by atoms with Gasteiger partial charge in [0.25, 0.3) is 0 Å². The van der Waals surface area contributed by atoms with Crippen LogP contribution in [0.25, 0.3) is 10.9 Å². The zero-order chi connectivity index (χ0) is 27.5. The fourth-order valence-electron chi connectivity index (χ4n) is 6.04. The van der Waals surface area contributed by atoms with Gasteiger partial charge in [0, 0.05) is 89.3 Å². The molecule has 0 spiro atoms. The van der Waals surface area contributed by atoms with Crippen molar-refractivity contribution in [1.29, 1.82) is 5.26 Å². The molecule has 2 aromatic heterocycles. The highest BCUT2D eigenvalue weighted by atomic mass is 16.5. The van der Waals surface area contributed by atoms with E-state index in [-0.39, 0.29) is 12.2 Å². The molecule has 3 aliphatic rings. The van der Waals surface area contributed by atoms with Gasteiger partial charge in [-0.1, -0.05) is 0 Å². The number of pyridine rings is 1. The average Bonchev–Trinajstić information content (AvgIpc) is 3.00. The Bertz CT molecular complexity index is 1370. The monoisotopic (exact) mass is 543 g/mol. The van der Waals surface area contributed by atoms with E-state index in [1.54, 1.807) is 19.5 Å². The summed E-state index contributed by atoms with van der Waals surface area (Å²) in [6.45, 7) is 11.9. The molecule has 11 heteroatoms. The topological polar surface area (TPSA) is 106 Å².